The highest BCUT2D eigenvalue weighted by molar-refractivity contribution is 7.99. The number of carbonyl (C=O) groups excluding carboxylic acids is 1. The first-order valence-electron chi connectivity index (χ1n) is 8.07. The third-order valence-electron chi connectivity index (χ3n) is 3.84. The molecule has 0 aliphatic carbocycles. The molecule has 3 rings (SSSR count). The molecule has 0 amide bonds. The molecule has 0 N–H and O–H groups in total. The van der Waals surface area contributed by atoms with Crippen molar-refractivity contribution in [1.29, 1.82) is 0 Å². The number of ketones is 1. The zero-order valence-corrected chi connectivity index (χ0v) is 16.5. The average Bonchev–Trinajstić information content (AvgIpc) is 2.64. The van der Waals surface area contributed by atoms with E-state index in [1.54, 1.807) is 18.2 Å². The highest BCUT2D eigenvalue weighted by Gasteiger charge is 2.21. The third-order valence-corrected chi connectivity index (χ3v) is 5.41. The van der Waals surface area contributed by atoms with Gasteiger partial charge in [-0.05, 0) is 48.2 Å². The Labute approximate surface area is 169 Å². The maximum Gasteiger partial charge on any atom is 0.256 e. The van der Waals surface area contributed by atoms with Gasteiger partial charge in [0.1, 0.15) is 5.82 Å². The predicted molar refractivity (Wildman–Crippen MR) is 108 cm³/mol. The second-order valence-corrected chi connectivity index (χ2v) is 7.63. The van der Waals surface area contributed by atoms with Crippen LogP contribution in [0.25, 0.3) is 5.69 Å². The van der Waals surface area contributed by atoms with Crippen molar-refractivity contribution < 1.29 is 9.18 Å². The van der Waals surface area contributed by atoms with Crippen LogP contribution in [-0.4, -0.2) is 16.1 Å². The molecule has 3 aromatic rings. The number of halogens is 3. The van der Waals surface area contributed by atoms with Gasteiger partial charge < -0.3 is 0 Å². The van der Waals surface area contributed by atoms with Gasteiger partial charge in [0.25, 0.3) is 5.56 Å². The summed E-state index contributed by atoms with van der Waals surface area (Å²) >= 11 is 13.9. The Morgan fingerprint density at radius 1 is 1.04 bits per heavy atom. The van der Waals surface area contributed by atoms with Crippen LogP contribution in [0.15, 0.2) is 64.4 Å². The zero-order chi connectivity index (χ0) is 19.6. The van der Waals surface area contributed by atoms with E-state index < -0.39 is 5.82 Å². The molecule has 0 saturated heterocycles. The summed E-state index contributed by atoms with van der Waals surface area (Å²) in [6.07, 6.45) is 0. The van der Waals surface area contributed by atoms with Crippen molar-refractivity contribution in [2.24, 2.45) is 0 Å². The molecule has 0 fully saturated rings. The average molecular weight is 422 g/mol. The van der Waals surface area contributed by atoms with Crippen molar-refractivity contribution in [2.45, 2.75) is 11.9 Å². The maximum atomic E-state index is 13.2. The van der Waals surface area contributed by atoms with Gasteiger partial charge in [-0.3, -0.25) is 14.2 Å². The number of nitrogens with zero attached hydrogens (tertiary/aromatic N) is 1. The molecule has 0 bridgehead atoms. The smallest absolute Gasteiger partial charge is 0.256 e. The number of para-hydroxylation sites is 1. The minimum Gasteiger partial charge on any atom is -0.289 e. The second-order valence-electron chi connectivity index (χ2n) is 5.57. The van der Waals surface area contributed by atoms with Crippen LogP contribution in [0.2, 0.25) is 10.0 Å². The summed E-state index contributed by atoms with van der Waals surface area (Å²) in [5.74, 6) is -0.125. The minimum atomic E-state index is -0.428. The van der Waals surface area contributed by atoms with Gasteiger partial charge in [-0.25, -0.2) is 4.39 Å². The van der Waals surface area contributed by atoms with Crippen molar-refractivity contribution in [3.05, 3.63) is 91.9 Å². The van der Waals surface area contributed by atoms with Crippen LogP contribution >= 0.6 is 35.0 Å². The lowest BCUT2D eigenvalue weighted by Gasteiger charge is -2.17. The Balaban J connectivity index is 2.27. The second kappa shape index (κ2) is 8.30. The Bertz CT molecular complexity index is 1040. The van der Waals surface area contributed by atoms with Gasteiger partial charge in [0, 0.05) is 11.6 Å². The van der Waals surface area contributed by atoms with Gasteiger partial charge in [-0.2, -0.15) is 0 Å². The van der Waals surface area contributed by atoms with E-state index in [-0.39, 0.29) is 11.3 Å². The highest BCUT2D eigenvalue weighted by atomic mass is 35.5. The molecule has 0 saturated carbocycles. The highest BCUT2D eigenvalue weighted by Crippen LogP contribution is 2.33. The Morgan fingerprint density at radius 3 is 2.26 bits per heavy atom. The first kappa shape index (κ1) is 19.7. The zero-order valence-electron chi connectivity index (χ0n) is 14.2. The van der Waals surface area contributed by atoms with Gasteiger partial charge in [0.2, 0.25) is 0 Å². The number of thioether (sulfide) groups is 1. The lowest BCUT2D eigenvalue weighted by Crippen LogP contribution is -2.22. The number of pyridine rings is 1. The van der Waals surface area contributed by atoms with Crippen LogP contribution in [0.3, 0.4) is 0 Å². The Morgan fingerprint density at radius 2 is 1.67 bits per heavy atom. The van der Waals surface area contributed by atoms with Crippen LogP contribution in [-0.2, 0) is 0 Å². The van der Waals surface area contributed by atoms with Crippen molar-refractivity contribution in [2.75, 3.05) is 5.75 Å². The molecule has 1 heterocycles. The molecule has 2 aromatic carbocycles. The minimum absolute atomic E-state index is 0.300. The molecule has 3 nitrogen and oxygen atoms in total. The monoisotopic (exact) mass is 421 g/mol. The molecule has 0 radical (unpaired) electrons. The van der Waals surface area contributed by atoms with Gasteiger partial charge in [-0.15, -0.1) is 11.8 Å². The van der Waals surface area contributed by atoms with Gasteiger partial charge in [0.15, 0.2) is 5.78 Å². The number of benzene rings is 2. The number of hydrogen-bond donors (Lipinski definition) is 0. The summed E-state index contributed by atoms with van der Waals surface area (Å²) in [5.41, 5.74) is 0.626. The van der Waals surface area contributed by atoms with E-state index in [9.17, 15) is 14.0 Å². The van der Waals surface area contributed by atoms with Crippen LogP contribution in [0.1, 0.15) is 22.8 Å². The Kier molecular flexibility index (Phi) is 6.05. The van der Waals surface area contributed by atoms with Gasteiger partial charge in [0.05, 0.1) is 26.3 Å². The summed E-state index contributed by atoms with van der Waals surface area (Å²) in [6, 6.07) is 13.0. The largest absolute Gasteiger partial charge is 0.289 e. The SMILES string of the molecule is CCSc1c(C(=O)c2ccc(F)cc2)ccc(=O)n1-c1c(Cl)cccc1Cl. The number of rotatable bonds is 5. The number of aromatic nitrogens is 1. The fourth-order valence-electron chi connectivity index (χ4n) is 2.64. The van der Waals surface area contributed by atoms with Crippen LogP contribution in [0.5, 0.6) is 0 Å². The number of hydrogen-bond acceptors (Lipinski definition) is 3. The van der Waals surface area contributed by atoms with Crippen molar-refractivity contribution in [1.82, 2.24) is 4.57 Å². The van der Waals surface area contributed by atoms with Crippen LogP contribution < -0.4 is 5.56 Å². The summed E-state index contributed by atoms with van der Waals surface area (Å²) in [6.45, 7) is 1.91. The van der Waals surface area contributed by atoms with E-state index in [2.05, 4.69) is 0 Å². The lowest BCUT2D eigenvalue weighted by atomic mass is 10.0. The van der Waals surface area contributed by atoms with Gasteiger partial charge in [-0.1, -0.05) is 36.2 Å². The van der Waals surface area contributed by atoms with Crippen LogP contribution in [0.4, 0.5) is 4.39 Å². The molecule has 0 atom stereocenters. The normalized spacial score (nSPS) is 10.8. The molecule has 27 heavy (non-hydrogen) atoms. The van der Waals surface area contributed by atoms with E-state index >= 15 is 0 Å². The van der Waals surface area contributed by atoms with Crippen molar-refractivity contribution in [3.63, 3.8) is 0 Å². The number of carbonyl (C=O) groups is 1. The van der Waals surface area contributed by atoms with E-state index in [4.69, 9.17) is 23.2 Å². The molecule has 0 spiro atoms. The first-order chi connectivity index (χ1) is 12.9. The molecule has 1 aromatic heterocycles. The van der Waals surface area contributed by atoms with Crippen molar-refractivity contribution >= 4 is 40.7 Å². The van der Waals surface area contributed by atoms with E-state index in [1.165, 1.54) is 52.7 Å². The molecule has 7 heteroatoms. The van der Waals surface area contributed by atoms with Crippen molar-refractivity contribution in [3.8, 4) is 5.69 Å². The standard InChI is InChI=1S/C20H14Cl2FNO2S/c1-2-27-20-14(19(26)12-6-8-13(23)9-7-12)10-11-17(25)24(20)18-15(21)4-3-5-16(18)22/h3-11H,2H2,1H3. The third kappa shape index (κ3) is 3.95. The topological polar surface area (TPSA) is 39.1 Å². The summed E-state index contributed by atoms with van der Waals surface area (Å²) in [5, 5.41) is 1.04. The quantitative estimate of drug-likeness (QED) is 0.395. The fraction of sp³-hybridized carbons (Fsp3) is 0.100. The fourth-order valence-corrected chi connectivity index (χ4v) is 4.11. The molecular formula is C20H14Cl2FNO2S. The Hall–Kier alpha value is -2.08. The molecule has 138 valence electrons. The predicted octanol–water partition coefficient (Wildman–Crippen LogP) is 5.63. The lowest BCUT2D eigenvalue weighted by molar-refractivity contribution is 0.103. The van der Waals surface area contributed by atoms with E-state index in [1.807, 2.05) is 6.92 Å². The first-order valence-corrected chi connectivity index (χ1v) is 9.81. The van der Waals surface area contributed by atoms with Gasteiger partial charge >= 0.3 is 0 Å². The maximum absolute atomic E-state index is 13.2. The van der Waals surface area contributed by atoms with E-state index in [0.717, 1.165) is 0 Å². The van der Waals surface area contributed by atoms with Crippen LogP contribution in [0, 0.1) is 5.82 Å². The summed E-state index contributed by atoms with van der Waals surface area (Å²) in [4.78, 5) is 25.6. The molecule has 0 aliphatic rings. The molecular weight excluding hydrogens is 408 g/mol. The molecule has 0 aliphatic heterocycles. The molecule has 0 unspecified atom stereocenters. The summed E-state index contributed by atoms with van der Waals surface area (Å²) in [7, 11) is 0. The summed E-state index contributed by atoms with van der Waals surface area (Å²) < 4.78 is 14.5. The van der Waals surface area contributed by atoms with E-state index in [0.29, 0.717) is 37.6 Å².